The van der Waals surface area contributed by atoms with E-state index in [-0.39, 0.29) is 11.3 Å². The highest BCUT2D eigenvalue weighted by atomic mass is 79.9. The molecule has 0 saturated carbocycles. The molecule has 1 aromatic carbocycles. The zero-order valence-electron chi connectivity index (χ0n) is 9.90. The first-order chi connectivity index (χ1) is 7.93. The van der Waals surface area contributed by atoms with Crippen LogP contribution in [0.2, 0.25) is 5.02 Å². The van der Waals surface area contributed by atoms with Gasteiger partial charge in [0, 0.05) is 15.7 Å². The molecule has 0 fully saturated rings. The Hall–Kier alpha value is -0.800. The SMILES string of the molecule is Cc1[nH]c2c(Cl)ccc(Br)c2c(=O)c1C(C)C. The van der Waals surface area contributed by atoms with Crippen LogP contribution < -0.4 is 5.43 Å². The van der Waals surface area contributed by atoms with E-state index in [9.17, 15) is 4.79 Å². The van der Waals surface area contributed by atoms with Crippen LogP contribution in [-0.2, 0) is 0 Å². The molecule has 0 atom stereocenters. The maximum Gasteiger partial charge on any atom is 0.194 e. The molecule has 0 radical (unpaired) electrons. The Balaban J connectivity index is 3.03. The van der Waals surface area contributed by atoms with E-state index in [0.717, 1.165) is 15.7 Å². The zero-order valence-corrected chi connectivity index (χ0v) is 12.2. The van der Waals surface area contributed by atoms with E-state index in [0.29, 0.717) is 15.9 Å². The number of aromatic amines is 1. The van der Waals surface area contributed by atoms with Crippen molar-refractivity contribution >= 4 is 38.4 Å². The lowest BCUT2D eigenvalue weighted by Gasteiger charge is -2.12. The van der Waals surface area contributed by atoms with Gasteiger partial charge in [0.05, 0.1) is 15.9 Å². The first kappa shape index (κ1) is 12.7. The summed E-state index contributed by atoms with van der Waals surface area (Å²) in [4.78, 5) is 15.7. The average molecular weight is 315 g/mol. The number of aromatic nitrogens is 1. The van der Waals surface area contributed by atoms with Gasteiger partial charge in [0.2, 0.25) is 0 Å². The Morgan fingerprint density at radius 1 is 1.35 bits per heavy atom. The van der Waals surface area contributed by atoms with Gasteiger partial charge in [-0.3, -0.25) is 4.79 Å². The molecule has 1 N–H and O–H groups in total. The molecule has 2 rings (SSSR count). The molecule has 2 aromatic rings. The number of fused-ring (bicyclic) bond motifs is 1. The Labute approximate surface area is 113 Å². The molecule has 90 valence electrons. The lowest BCUT2D eigenvalue weighted by Crippen LogP contribution is -2.15. The maximum atomic E-state index is 12.5. The Kier molecular flexibility index (Phi) is 3.32. The van der Waals surface area contributed by atoms with E-state index < -0.39 is 0 Å². The van der Waals surface area contributed by atoms with Crippen molar-refractivity contribution in [2.24, 2.45) is 0 Å². The number of benzene rings is 1. The van der Waals surface area contributed by atoms with Crippen molar-refractivity contribution in [3.05, 3.63) is 43.1 Å². The summed E-state index contributed by atoms with van der Waals surface area (Å²) in [7, 11) is 0. The molecule has 0 aliphatic rings. The van der Waals surface area contributed by atoms with Gasteiger partial charge in [0.1, 0.15) is 0 Å². The molecule has 0 saturated heterocycles. The summed E-state index contributed by atoms with van der Waals surface area (Å²) in [6, 6.07) is 3.58. The smallest absolute Gasteiger partial charge is 0.194 e. The number of H-pyrrole nitrogens is 1. The minimum absolute atomic E-state index is 0.0561. The van der Waals surface area contributed by atoms with Gasteiger partial charge >= 0.3 is 0 Å². The van der Waals surface area contributed by atoms with Crippen molar-refractivity contribution in [1.82, 2.24) is 4.98 Å². The number of hydrogen-bond donors (Lipinski definition) is 1. The van der Waals surface area contributed by atoms with E-state index in [4.69, 9.17) is 11.6 Å². The molecular formula is C13H13BrClNO. The summed E-state index contributed by atoms with van der Waals surface area (Å²) in [5.41, 5.74) is 2.46. The highest BCUT2D eigenvalue weighted by Crippen LogP contribution is 2.28. The molecule has 1 heterocycles. The Bertz CT molecular complexity index is 646. The van der Waals surface area contributed by atoms with Gasteiger partial charge in [-0.05, 0) is 40.9 Å². The van der Waals surface area contributed by atoms with Gasteiger partial charge in [-0.25, -0.2) is 0 Å². The summed E-state index contributed by atoms with van der Waals surface area (Å²) in [5, 5.41) is 1.20. The number of halogens is 2. The van der Waals surface area contributed by atoms with E-state index in [1.165, 1.54) is 0 Å². The van der Waals surface area contributed by atoms with Crippen LogP contribution >= 0.6 is 27.5 Å². The van der Waals surface area contributed by atoms with Crippen molar-refractivity contribution in [1.29, 1.82) is 0 Å². The third kappa shape index (κ3) is 2.02. The van der Waals surface area contributed by atoms with Gasteiger partial charge in [0.15, 0.2) is 5.43 Å². The summed E-state index contributed by atoms with van der Waals surface area (Å²) >= 11 is 9.52. The van der Waals surface area contributed by atoms with Crippen LogP contribution in [0.15, 0.2) is 21.4 Å². The minimum Gasteiger partial charge on any atom is -0.357 e. The van der Waals surface area contributed by atoms with Crippen molar-refractivity contribution in [3.63, 3.8) is 0 Å². The predicted octanol–water partition coefficient (Wildman–Crippen LogP) is 4.38. The monoisotopic (exact) mass is 313 g/mol. The summed E-state index contributed by atoms with van der Waals surface area (Å²) in [6.07, 6.45) is 0. The molecular weight excluding hydrogens is 302 g/mol. The van der Waals surface area contributed by atoms with Gasteiger partial charge in [-0.2, -0.15) is 0 Å². The molecule has 0 aliphatic heterocycles. The Morgan fingerprint density at radius 2 is 2.00 bits per heavy atom. The second kappa shape index (κ2) is 4.46. The summed E-state index contributed by atoms with van der Waals surface area (Å²) in [6.45, 7) is 5.94. The van der Waals surface area contributed by atoms with Crippen LogP contribution in [0.4, 0.5) is 0 Å². The van der Waals surface area contributed by atoms with Gasteiger partial charge in [-0.1, -0.05) is 25.4 Å². The second-order valence-corrected chi connectivity index (χ2v) is 5.69. The fraction of sp³-hybridized carbons (Fsp3) is 0.308. The molecule has 0 unspecified atom stereocenters. The first-order valence-electron chi connectivity index (χ1n) is 5.44. The quantitative estimate of drug-likeness (QED) is 0.832. The van der Waals surface area contributed by atoms with Gasteiger partial charge < -0.3 is 4.98 Å². The second-order valence-electron chi connectivity index (χ2n) is 4.43. The van der Waals surface area contributed by atoms with Crippen molar-refractivity contribution in [2.75, 3.05) is 0 Å². The lowest BCUT2D eigenvalue weighted by atomic mass is 9.99. The normalized spacial score (nSPS) is 11.4. The van der Waals surface area contributed by atoms with Gasteiger partial charge in [0.25, 0.3) is 0 Å². The topological polar surface area (TPSA) is 32.9 Å². The number of rotatable bonds is 1. The van der Waals surface area contributed by atoms with Crippen molar-refractivity contribution in [2.45, 2.75) is 26.7 Å². The first-order valence-corrected chi connectivity index (χ1v) is 6.61. The van der Waals surface area contributed by atoms with Gasteiger partial charge in [-0.15, -0.1) is 0 Å². The lowest BCUT2D eigenvalue weighted by molar-refractivity contribution is 0.838. The van der Waals surface area contributed by atoms with Crippen LogP contribution in [0.5, 0.6) is 0 Å². The van der Waals surface area contributed by atoms with E-state index >= 15 is 0 Å². The van der Waals surface area contributed by atoms with Crippen LogP contribution in [0, 0.1) is 6.92 Å². The number of pyridine rings is 1. The highest BCUT2D eigenvalue weighted by Gasteiger charge is 2.15. The molecule has 2 nitrogen and oxygen atoms in total. The van der Waals surface area contributed by atoms with E-state index in [1.807, 2.05) is 20.8 Å². The fourth-order valence-electron chi connectivity index (χ4n) is 2.15. The van der Waals surface area contributed by atoms with Crippen LogP contribution in [0.3, 0.4) is 0 Å². The molecule has 0 spiro atoms. The number of hydrogen-bond acceptors (Lipinski definition) is 1. The predicted molar refractivity (Wildman–Crippen MR) is 76.1 cm³/mol. The largest absolute Gasteiger partial charge is 0.357 e. The molecule has 17 heavy (non-hydrogen) atoms. The van der Waals surface area contributed by atoms with Crippen LogP contribution in [-0.4, -0.2) is 4.98 Å². The third-order valence-corrected chi connectivity index (χ3v) is 3.84. The van der Waals surface area contributed by atoms with E-state index in [1.54, 1.807) is 12.1 Å². The Morgan fingerprint density at radius 3 is 2.59 bits per heavy atom. The minimum atomic E-state index is 0.0561. The molecule has 0 amide bonds. The zero-order chi connectivity index (χ0) is 12.7. The third-order valence-electron chi connectivity index (χ3n) is 2.87. The highest BCUT2D eigenvalue weighted by molar-refractivity contribution is 9.10. The fourth-order valence-corrected chi connectivity index (χ4v) is 2.87. The molecule has 4 heteroatoms. The van der Waals surface area contributed by atoms with Crippen molar-refractivity contribution < 1.29 is 0 Å². The van der Waals surface area contributed by atoms with Crippen LogP contribution in [0.25, 0.3) is 10.9 Å². The number of aryl methyl sites for hydroxylation is 1. The number of nitrogens with one attached hydrogen (secondary N) is 1. The summed E-state index contributed by atoms with van der Waals surface area (Å²) < 4.78 is 0.778. The molecule has 0 aliphatic carbocycles. The van der Waals surface area contributed by atoms with Crippen LogP contribution in [0.1, 0.15) is 31.0 Å². The van der Waals surface area contributed by atoms with E-state index in [2.05, 4.69) is 20.9 Å². The standard InChI is InChI=1S/C13H13BrClNO/c1-6(2)10-7(3)16-12-9(15)5-4-8(14)11(12)13(10)17/h4-6H,1-3H3,(H,16,17). The molecule has 1 aromatic heterocycles. The van der Waals surface area contributed by atoms with Crippen molar-refractivity contribution in [3.8, 4) is 0 Å². The molecule has 0 bridgehead atoms. The average Bonchev–Trinajstić information content (AvgIpc) is 2.22. The summed E-state index contributed by atoms with van der Waals surface area (Å²) in [5.74, 6) is 0.189. The maximum absolute atomic E-state index is 12.5.